The topological polar surface area (TPSA) is 78.8 Å². The molecule has 0 amide bonds. The number of nitrogens with one attached hydrogen (secondary N) is 2. The van der Waals surface area contributed by atoms with Gasteiger partial charge in [-0.3, -0.25) is 14.5 Å². The second kappa shape index (κ2) is 1.98. The molecule has 0 atom stereocenters. The van der Waals surface area contributed by atoms with Gasteiger partial charge in [0, 0.05) is 12.4 Å². The zero-order valence-electron chi connectivity index (χ0n) is 6.48. The maximum Gasteiger partial charge on any atom is 0.332 e. The first-order chi connectivity index (χ1) is 6.36. The van der Waals surface area contributed by atoms with Crippen molar-refractivity contribution in [2.75, 3.05) is 0 Å². The first-order valence-electron chi connectivity index (χ1n) is 3.75. The quantitative estimate of drug-likeness (QED) is 0.500. The normalized spacial score (nSPS) is 11.4. The molecule has 0 aliphatic heterocycles. The molecule has 0 saturated heterocycles. The number of imidazole rings is 1. The van der Waals surface area contributed by atoms with Gasteiger partial charge in [0.15, 0.2) is 5.65 Å². The highest BCUT2D eigenvalue weighted by molar-refractivity contribution is 5.87. The third-order valence-corrected chi connectivity index (χ3v) is 1.97. The summed E-state index contributed by atoms with van der Waals surface area (Å²) >= 11 is 0. The molecule has 0 radical (unpaired) electrons. The van der Waals surface area contributed by atoms with Crippen LogP contribution in [0.3, 0.4) is 0 Å². The number of aromatic nitrogens is 5. The summed E-state index contributed by atoms with van der Waals surface area (Å²) in [4.78, 5) is 18.1. The van der Waals surface area contributed by atoms with Gasteiger partial charge < -0.3 is 0 Å². The van der Waals surface area contributed by atoms with Gasteiger partial charge in [0.2, 0.25) is 0 Å². The van der Waals surface area contributed by atoms with Crippen molar-refractivity contribution in [3.63, 3.8) is 0 Å². The van der Waals surface area contributed by atoms with Gasteiger partial charge in [0.1, 0.15) is 5.65 Å². The van der Waals surface area contributed by atoms with Crippen LogP contribution >= 0.6 is 0 Å². The zero-order valence-corrected chi connectivity index (χ0v) is 6.48. The Labute approximate surface area is 71.2 Å². The number of nitrogens with zero attached hydrogens (tertiary/aromatic N) is 3. The van der Waals surface area contributed by atoms with E-state index in [4.69, 9.17) is 0 Å². The van der Waals surface area contributed by atoms with Crippen LogP contribution in [0.4, 0.5) is 0 Å². The van der Waals surface area contributed by atoms with Gasteiger partial charge in [-0.15, -0.1) is 0 Å². The lowest BCUT2D eigenvalue weighted by Crippen LogP contribution is -2.14. The molecule has 0 unspecified atom stereocenters. The van der Waals surface area contributed by atoms with E-state index in [1.54, 1.807) is 18.6 Å². The van der Waals surface area contributed by atoms with Gasteiger partial charge in [-0.1, -0.05) is 0 Å². The Kier molecular flexibility index (Phi) is 0.974. The highest BCUT2D eigenvalue weighted by atomic mass is 16.1. The van der Waals surface area contributed by atoms with Gasteiger partial charge in [0.05, 0.1) is 11.6 Å². The Balaban J connectivity index is 2.79. The second-order valence-corrected chi connectivity index (χ2v) is 2.71. The molecule has 0 aromatic carbocycles. The monoisotopic (exact) mass is 175 g/mol. The Morgan fingerprint density at radius 2 is 2.38 bits per heavy atom. The number of aromatic amines is 2. The fraction of sp³-hybridized carbons (Fsp3) is 0. The van der Waals surface area contributed by atoms with Crippen molar-refractivity contribution < 1.29 is 0 Å². The van der Waals surface area contributed by atoms with Crippen LogP contribution in [0, 0.1) is 0 Å². The molecule has 3 rings (SSSR count). The minimum absolute atomic E-state index is 0.218. The summed E-state index contributed by atoms with van der Waals surface area (Å²) in [5.41, 5.74) is 1.00. The van der Waals surface area contributed by atoms with Crippen LogP contribution in [0.2, 0.25) is 0 Å². The van der Waals surface area contributed by atoms with Crippen LogP contribution in [0.1, 0.15) is 0 Å². The number of hydrogen-bond acceptors (Lipinski definition) is 3. The summed E-state index contributed by atoms with van der Waals surface area (Å²) in [5.74, 6) is 0. The summed E-state index contributed by atoms with van der Waals surface area (Å²) in [6.45, 7) is 0. The highest BCUT2D eigenvalue weighted by Crippen LogP contribution is 2.10. The van der Waals surface area contributed by atoms with E-state index in [0.29, 0.717) is 11.3 Å². The van der Waals surface area contributed by atoms with Crippen LogP contribution in [-0.4, -0.2) is 24.6 Å². The Morgan fingerprint density at radius 3 is 3.31 bits per heavy atom. The van der Waals surface area contributed by atoms with Crippen LogP contribution < -0.4 is 5.69 Å². The molecule has 2 N–H and O–H groups in total. The molecule has 0 spiro atoms. The van der Waals surface area contributed by atoms with E-state index in [0.717, 1.165) is 5.39 Å². The first kappa shape index (κ1) is 6.41. The molecule has 3 heterocycles. The van der Waals surface area contributed by atoms with Gasteiger partial charge in [0.25, 0.3) is 0 Å². The molecule has 0 aliphatic carbocycles. The molecule has 0 saturated carbocycles. The highest BCUT2D eigenvalue weighted by Gasteiger charge is 2.05. The lowest BCUT2D eigenvalue weighted by molar-refractivity contribution is 1.01. The van der Waals surface area contributed by atoms with Crippen LogP contribution in [0.25, 0.3) is 16.7 Å². The van der Waals surface area contributed by atoms with E-state index in [-0.39, 0.29) is 5.69 Å². The summed E-state index contributed by atoms with van der Waals surface area (Å²) < 4.78 is 1.44. The Morgan fingerprint density at radius 1 is 1.46 bits per heavy atom. The molecule has 3 aromatic rings. The van der Waals surface area contributed by atoms with E-state index in [1.807, 2.05) is 0 Å². The number of fused-ring (bicyclic) bond motifs is 3. The van der Waals surface area contributed by atoms with Crippen molar-refractivity contribution in [1.29, 1.82) is 0 Å². The standard InChI is InChI=1S/C7H5N5O/c13-7-10-5-4(3-9-11-5)6-8-1-2-12(6)7/h1-3H,(H2,9,10,11,13). The van der Waals surface area contributed by atoms with Crippen molar-refractivity contribution in [3.05, 3.63) is 29.1 Å². The number of H-pyrrole nitrogens is 2. The minimum atomic E-state index is -0.218. The smallest absolute Gasteiger partial charge is 0.291 e. The summed E-state index contributed by atoms with van der Waals surface area (Å²) in [6.07, 6.45) is 4.82. The predicted octanol–water partition coefficient (Wildman–Crippen LogP) is -0.101. The maximum absolute atomic E-state index is 11.4. The van der Waals surface area contributed by atoms with Gasteiger partial charge in [-0.05, 0) is 0 Å². The van der Waals surface area contributed by atoms with Gasteiger partial charge in [-0.25, -0.2) is 9.78 Å². The molecule has 6 heteroatoms. The average Bonchev–Trinajstić information content (AvgIpc) is 2.66. The Bertz CT molecular complexity index is 631. The maximum atomic E-state index is 11.4. The van der Waals surface area contributed by atoms with Crippen molar-refractivity contribution >= 4 is 16.7 Å². The Hall–Kier alpha value is -2.11. The fourth-order valence-electron chi connectivity index (χ4n) is 1.38. The molecular formula is C7H5N5O. The third kappa shape index (κ3) is 0.689. The van der Waals surface area contributed by atoms with Crippen molar-refractivity contribution in [2.45, 2.75) is 0 Å². The average molecular weight is 175 g/mol. The number of rotatable bonds is 0. The fourth-order valence-corrected chi connectivity index (χ4v) is 1.38. The molecule has 0 aliphatic rings. The zero-order chi connectivity index (χ0) is 8.84. The van der Waals surface area contributed by atoms with E-state index in [1.165, 1.54) is 4.40 Å². The van der Waals surface area contributed by atoms with E-state index in [2.05, 4.69) is 20.2 Å². The first-order valence-corrected chi connectivity index (χ1v) is 3.75. The molecule has 0 fully saturated rings. The van der Waals surface area contributed by atoms with Crippen molar-refractivity contribution in [2.24, 2.45) is 0 Å². The molecule has 6 nitrogen and oxygen atoms in total. The van der Waals surface area contributed by atoms with E-state index in [9.17, 15) is 4.79 Å². The number of hydrogen-bond donors (Lipinski definition) is 2. The lowest BCUT2D eigenvalue weighted by Gasteiger charge is -1.92. The predicted molar refractivity (Wildman–Crippen MR) is 45.5 cm³/mol. The second-order valence-electron chi connectivity index (χ2n) is 2.71. The van der Waals surface area contributed by atoms with Crippen LogP contribution in [0.15, 0.2) is 23.4 Å². The van der Waals surface area contributed by atoms with Crippen LogP contribution in [-0.2, 0) is 0 Å². The molecule has 0 bridgehead atoms. The summed E-state index contributed by atoms with van der Waals surface area (Å²) in [5, 5.41) is 7.32. The summed E-state index contributed by atoms with van der Waals surface area (Å²) in [6, 6.07) is 0. The van der Waals surface area contributed by atoms with Crippen molar-refractivity contribution in [1.82, 2.24) is 24.6 Å². The van der Waals surface area contributed by atoms with Crippen molar-refractivity contribution in [3.8, 4) is 0 Å². The SMILES string of the molecule is O=c1[nH]c2[nH]ncc2c2nccn12. The minimum Gasteiger partial charge on any atom is -0.291 e. The van der Waals surface area contributed by atoms with Crippen LogP contribution in [0.5, 0.6) is 0 Å². The van der Waals surface area contributed by atoms with E-state index >= 15 is 0 Å². The molecule has 3 aromatic heterocycles. The largest absolute Gasteiger partial charge is 0.332 e. The third-order valence-electron chi connectivity index (χ3n) is 1.97. The van der Waals surface area contributed by atoms with E-state index < -0.39 is 0 Å². The van der Waals surface area contributed by atoms with Gasteiger partial charge in [-0.2, -0.15) is 5.10 Å². The van der Waals surface area contributed by atoms with Gasteiger partial charge >= 0.3 is 5.69 Å². The summed E-state index contributed by atoms with van der Waals surface area (Å²) in [7, 11) is 0. The molecule has 13 heavy (non-hydrogen) atoms. The molecule has 64 valence electrons. The molecular weight excluding hydrogens is 170 g/mol. The lowest BCUT2D eigenvalue weighted by atomic mass is 10.4.